The van der Waals surface area contributed by atoms with Crippen LogP contribution in [0.4, 0.5) is 0 Å². The number of likely N-dealkylation sites (N-methyl/N-ethyl adjacent to an activating group) is 1. The van der Waals surface area contributed by atoms with Gasteiger partial charge in [-0.15, -0.1) is 10.2 Å². The minimum absolute atomic E-state index is 0.111. The Bertz CT molecular complexity index is 1290. The molecule has 6 rings (SSSR count). The molecule has 158 valence electrons. The van der Waals surface area contributed by atoms with Crippen molar-refractivity contribution in [2.24, 2.45) is 0 Å². The Hall–Kier alpha value is -3.19. The number of aromatic amines is 1. The molecule has 0 saturated carbocycles. The smallest absolute Gasteiger partial charge is 0.253 e. The SMILES string of the molecule is CN1CCc2[nH]c3ccc(C(=O)N4CCCC(c5nnc6ccccn56)C4)cc3c2C1. The lowest BCUT2D eigenvalue weighted by Crippen LogP contribution is -2.39. The second kappa shape index (κ2) is 7.20. The summed E-state index contributed by atoms with van der Waals surface area (Å²) >= 11 is 0. The highest BCUT2D eigenvalue weighted by Crippen LogP contribution is 2.30. The van der Waals surface area contributed by atoms with E-state index < -0.39 is 0 Å². The Morgan fingerprint density at radius 1 is 1.16 bits per heavy atom. The van der Waals surface area contributed by atoms with Gasteiger partial charge in [0, 0.05) is 66.9 Å². The number of carbonyl (C=O) groups excluding carboxylic acids is 1. The number of H-pyrrole nitrogens is 1. The summed E-state index contributed by atoms with van der Waals surface area (Å²) in [5.74, 6) is 1.26. The number of aromatic nitrogens is 4. The average Bonchev–Trinajstić information content (AvgIpc) is 3.39. The molecule has 1 saturated heterocycles. The van der Waals surface area contributed by atoms with Gasteiger partial charge in [0.2, 0.25) is 0 Å². The molecule has 2 aliphatic heterocycles. The van der Waals surface area contributed by atoms with Gasteiger partial charge < -0.3 is 14.8 Å². The number of likely N-dealkylation sites (tertiary alicyclic amines) is 1. The van der Waals surface area contributed by atoms with E-state index in [9.17, 15) is 4.79 Å². The van der Waals surface area contributed by atoms with E-state index in [1.54, 1.807) is 0 Å². The summed E-state index contributed by atoms with van der Waals surface area (Å²) in [6.07, 6.45) is 5.04. The van der Waals surface area contributed by atoms with Gasteiger partial charge in [-0.25, -0.2) is 0 Å². The molecule has 31 heavy (non-hydrogen) atoms. The van der Waals surface area contributed by atoms with Crippen LogP contribution in [0.3, 0.4) is 0 Å². The number of carbonyl (C=O) groups is 1. The molecule has 1 aromatic carbocycles. The number of benzene rings is 1. The van der Waals surface area contributed by atoms with Crippen LogP contribution in [0.15, 0.2) is 42.6 Å². The molecular formula is C24H26N6O. The fourth-order valence-corrected chi connectivity index (χ4v) is 5.18. The van der Waals surface area contributed by atoms with E-state index in [1.807, 2.05) is 39.8 Å². The number of nitrogens with zero attached hydrogens (tertiary/aromatic N) is 5. The van der Waals surface area contributed by atoms with Crippen molar-refractivity contribution in [1.29, 1.82) is 0 Å². The van der Waals surface area contributed by atoms with Crippen molar-refractivity contribution in [3.05, 3.63) is 65.2 Å². The molecule has 1 fully saturated rings. The van der Waals surface area contributed by atoms with Crippen molar-refractivity contribution in [1.82, 2.24) is 29.4 Å². The fraction of sp³-hybridized carbons (Fsp3) is 0.375. The second-order valence-electron chi connectivity index (χ2n) is 8.91. The molecule has 7 heteroatoms. The van der Waals surface area contributed by atoms with Crippen LogP contribution in [0.1, 0.15) is 46.2 Å². The van der Waals surface area contributed by atoms with Gasteiger partial charge >= 0.3 is 0 Å². The highest BCUT2D eigenvalue weighted by molar-refractivity contribution is 5.99. The fourth-order valence-electron chi connectivity index (χ4n) is 5.18. The van der Waals surface area contributed by atoms with E-state index >= 15 is 0 Å². The van der Waals surface area contributed by atoms with Gasteiger partial charge in [-0.2, -0.15) is 0 Å². The molecule has 0 aliphatic carbocycles. The summed E-state index contributed by atoms with van der Waals surface area (Å²) in [5.41, 5.74) is 5.41. The molecule has 1 amide bonds. The molecule has 3 aromatic heterocycles. The van der Waals surface area contributed by atoms with E-state index in [-0.39, 0.29) is 11.8 Å². The largest absolute Gasteiger partial charge is 0.358 e. The lowest BCUT2D eigenvalue weighted by atomic mass is 9.96. The summed E-state index contributed by atoms with van der Waals surface area (Å²) in [4.78, 5) is 21.3. The van der Waals surface area contributed by atoms with Crippen LogP contribution in [0, 0.1) is 0 Å². The lowest BCUT2D eigenvalue weighted by molar-refractivity contribution is 0.0704. The molecule has 0 bridgehead atoms. The zero-order valence-corrected chi connectivity index (χ0v) is 17.7. The molecule has 0 radical (unpaired) electrons. The molecule has 0 spiro atoms. The second-order valence-corrected chi connectivity index (χ2v) is 8.91. The Kier molecular flexibility index (Phi) is 4.31. The van der Waals surface area contributed by atoms with Crippen molar-refractivity contribution >= 4 is 22.5 Å². The lowest BCUT2D eigenvalue weighted by Gasteiger charge is -2.32. The predicted octanol–water partition coefficient (Wildman–Crippen LogP) is 3.22. The Labute approximate surface area is 180 Å². The van der Waals surface area contributed by atoms with Gasteiger partial charge in [0.25, 0.3) is 5.91 Å². The van der Waals surface area contributed by atoms with E-state index in [0.29, 0.717) is 6.54 Å². The summed E-state index contributed by atoms with van der Waals surface area (Å²) < 4.78 is 2.05. The van der Waals surface area contributed by atoms with E-state index in [2.05, 4.69) is 39.3 Å². The number of pyridine rings is 1. The first-order valence-electron chi connectivity index (χ1n) is 11.1. The van der Waals surface area contributed by atoms with Crippen LogP contribution in [0.25, 0.3) is 16.6 Å². The minimum atomic E-state index is 0.111. The van der Waals surface area contributed by atoms with Gasteiger partial charge in [-0.1, -0.05) is 6.07 Å². The number of piperidine rings is 1. The zero-order valence-electron chi connectivity index (χ0n) is 17.7. The van der Waals surface area contributed by atoms with Crippen molar-refractivity contribution in [2.75, 3.05) is 26.7 Å². The van der Waals surface area contributed by atoms with Gasteiger partial charge in [0.05, 0.1) is 0 Å². The van der Waals surface area contributed by atoms with Crippen LogP contribution >= 0.6 is 0 Å². The van der Waals surface area contributed by atoms with Crippen LogP contribution in [-0.2, 0) is 13.0 Å². The maximum atomic E-state index is 13.4. The molecule has 5 heterocycles. The molecule has 1 N–H and O–H groups in total. The van der Waals surface area contributed by atoms with E-state index in [4.69, 9.17) is 0 Å². The standard InChI is InChI=1S/C24H26N6O/c1-28-12-9-21-19(15-28)18-13-16(7-8-20(18)25-21)24(31)29-10-4-5-17(14-29)23-27-26-22-6-2-3-11-30(22)23/h2-3,6-8,11,13,17,25H,4-5,9-10,12,14-15H2,1H3. The number of fused-ring (bicyclic) bond motifs is 4. The molecule has 1 atom stereocenters. The monoisotopic (exact) mass is 414 g/mol. The van der Waals surface area contributed by atoms with Crippen molar-refractivity contribution in [2.45, 2.75) is 31.7 Å². The highest BCUT2D eigenvalue weighted by Gasteiger charge is 2.29. The Balaban J connectivity index is 1.29. The Morgan fingerprint density at radius 3 is 3.03 bits per heavy atom. The van der Waals surface area contributed by atoms with Crippen LogP contribution in [-0.4, -0.2) is 62.0 Å². The minimum Gasteiger partial charge on any atom is -0.358 e. The molecule has 4 aromatic rings. The maximum Gasteiger partial charge on any atom is 0.253 e. The first kappa shape index (κ1) is 18.6. The van der Waals surface area contributed by atoms with Gasteiger partial charge in [-0.3, -0.25) is 9.20 Å². The van der Waals surface area contributed by atoms with Crippen molar-refractivity contribution in [3.63, 3.8) is 0 Å². The van der Waals surface area contributed by atoms with E-state index in [1.165, 1.54) is 16.6 Å². The third-order valence-electron chi connectivity index (χ3n) is 6.83. The van der Waals surface area contributed by atoms with Crippen LogP contribution in [0.5, 0.6) is 0 Å². The van der Waals surface area contributed by atoms with E-state index in [0.717, 1.165) is 61.4 Å². The summed E-state index contributed by atoms with van der Waals surface area (Å²) in [7, 11) is 2.15. The molecular weight excluding hydrogens is 388 g/mol. The number of hydrogen-bond acceptors (Lipinski definition) is 4. The number of rotatable bonds is 2. The van der Waals surface area contributed by atoms with Crippen molar-refractivity contribution < 1.29 is 4.79 Å². The summed E-state index contributed by atoms with van der Waals surface area (Å²) in [6.45, 7) is 3.47. The number of amides is 1. The Morgan fingerprint density at radius 2 is 2.10 bits per heavy atom. The molecule has 1 unspecified atom stereocenters. The quantitative estimate of drug-likeness (QED) is 0.547. The molecule has 7 nitrogen and oxygen atoms in total. The van der Waals surface area contributed by atoms with Gasteiger partial charge in [-0.05, 0) is 55.8 Å². The molecule has 2 aliphatic rings. The van der Waals surface area contributed by atoms with Gasteiger partial charge in [0.1, 0.15) is 5.82 Å². The first-order chi connectivity index (χ1) is 15.2. The van der Waals surface area contributed by atoms with Crippen LogP contribution < -0.4 is 0 Å². The van der Waals surface area contributed by atoms with Crippen LogP contribution in [0.2, 0.25) is 0 Å². The maximum absolute atomic E-state index is 13.4. The first-order valence-corrected chi connectivity index (χ1v) is 11.1. The third-order valence-corrected chi connectivity index (χ3v) is 6.83. The highest BCUT2D eigenvalue weighted by atomic mass is 16.2. The zero-order chi connectivity index (χ0) is 20.9. The number of hydrogen-bond donors (Lipinski definition) is 1. The normalized spacial score (nSPS) is 19.8. The van der Waals surface area contributed by atoms with Crippen molar-refractivity contribution in [3.8, 4) is 0 Å². The average molecular weight is 415 g/mol. The number of nitrogens with one attached hydrogen (secondary N) is 1. The summed E-state index contributed by atoms with van der Waals surface area (Å²) in [5, 5.41) is 9.92. The third kappa shape index (κ3) is 3.11. The van der Waals surface area contributed by atoms with Gasteiger partial charge in [0.15, 0.2) is 5.65 Å². The predicted molar refractivity (Wildman–Crippen MR) is 119 cm³/mol. The summed E-state index contributed by atoms with van der Waals surface area (Å²) in [6, 6.07) is 12.0. The topological polar surface area (TPSA) is 69.5 Å².